The number of fused-ring (bicyclic) bond motifs is 1. The van der Waals surface area contributed by atoms with E-state index in [0.717, 1.165) is 42.1 Å². The Hall–Kier alpha value is -2.27. The molecule has 1 fully saturated rings. The minimum absolute atomic E-state index is 0.156. The minimum atomic E-state index is 0.156. The molecule has 0 N–H and O–H groups in total. The van der Waals surface area contributed by atoms with Crippen molar-refractivity contribution in [1.29, 1.82) is 0 Å². The second-order valence-corrected chi connectivity index (χ2v) is 6.11. The van der Waals surface area contributed by atoms with Gasteiger partial charge < -0.3 is 4.90 Å². The Labute approximate surface area is 139 Å². The normalized spacial score (nSPS) is 18.3. The zero-order valence-electron chi connectivity index (χ0n) is 12.6. The van der Waals surface area contributed by atoms with Crippen molar-refractivity contribution in [2.45, 2.75) is 25.3 Å². The highest BCUT2D eigenvalue weighted by molar-refractivity contribution is 6.31. The summed E-state index contributed by atoms with van der Waals surface area (Å²) in [5.41, 5.74) is 1.66. The monoisotopic (exact) mass is 325 g/mol. The third-order valence-corrected chi connectivity index (χ3v) is 4.41. The molecule has 0 aliphatic carbocycles. The van der Waals surface area contributed by atoms with Gasteiger partial charge in [0.05, 0.1) is 23.3 Å². The predicted molar refractivity (Wildman–Crippen MR) is 90.5 cm³/mol. The summed E-state index contributed by atoms with van der Waals surface area (Å²) >= 11 is 6.02. The van der Waals surface area contributed by atoms with E-state index in [9.17, 15) is 0 Å². The van der Waals surface area contributed by atoms with E-state index in [-0.39, 0.29) is 6.04 Å². The van der Waals surface area contributed by atoms with Gasteiger partial charge >= 0.3 is 0 Å². The van der Waals surface area contributed by atoms with Crippen molar-refractivity contribution < 1.29 is 0 Å². The average molecular weight is 326 g/mol. The summed E-state index contributed by atoms with van der Waals surface area (Å²) in [5, 5.41) is 0.674. The molecule has 4 rings (SSSR count). The van der Waals surface area contributed by atoms with E-state index in [2.05, 4.69) is 19.9 Å². The number of aromatic nitrogens is 4. The van der Waals surface area contributed by atoms with E-state index >= 15 is 0 Å². The van der Waals surface area contributed by atoms with Crippen LogP contribution in [0.2, 0.25) is 5.02 Å². The van der Waals surface area contributed by atoms with Crippen LogP contribution in [0.1, 0.15) is 31.1 Å². The summed E-state index contributed by atoms with van der Waals surface area (Å²) in [6.07, 6.45) is 8.76. The van der Waals surface area contributed by atoms with Crippen LogP contribution in [0.25, 0.3) is 11.0 Å². The minimum Gasteiger partial charge on any atom is -0.345 e. The van der Waals surface area contributed by atoms with Crippen LogP contribution < -0.4 is 4.90 Å². The number of benzene rings is 1. The molecule has 1 saturated heterocycles. The molecule has 2 aromatic heterocycles. The molecular formula is C17H16ClN5. The summed E-state index contributed by atoms with van der Waals surface area (Å²) in [5.74, 6) is 1.72. The van der Waals surface area contributed by atoms with E-state index in [0.29, 0.717) is 5.02 Å². The van der Waals surface area contributed by atoms with E-state index < -0.39 is 0 Å². The Morgan fingerprint density at radius 3 is 2.78 bits per heavy atom. The van der Waals surface area contributed by atoms with Gasteiger partial charge in [-0.3, -0.25) is 4.98 Å². The number of hydrogen-bond acceptors (Lipinski definition) is 5. The summed E-state index contributed by atoms with van der Waals surface area (Å²) in [6, 6.07) is 7.59. The molecule has 3 aromatic rings. The van der Waals surface area contributed by atoms with Crippen molar-refractivity contribution >= 4 is 28.5 Å². The first-order valence-corrected chi connectivity index (χ1v) is 8.15. The van der Waals surface area contributed by atoms with Gasteiger partial charge in [0.25, 0.3) is 0 Å². The Morgan fingerprint density at radius 1 is 1.04 bits per heavy atom. The maximum atomic E-state index is 6.02. The van der Waals surface area contributed by atoms with Crippen LogP contribution in [0.15, 0.2) is 42.9 Å². The van der Waals surface area contributed by atoms with Gasteiger partial charge in [-0.15, -0.1) is 0 Å². The highest BCUT2D eigenvalue weighted by Crippen LogP contribution is 2.32. The van der Waals surface area contributed by atoms with Gasteiger partial charge in [0.1, 0.15) is 5.82 Å². The largest absolute Gasteiger partial charge is 0.345 e. The first-order chi connectivity index (χ1) is 11.3. The van der Waals surface area contributed by atoms with Gasteiger partial charge in [-0.05, 0) is 43.5 Å². The molecule has 1 aliphatic heterocycles. The van der Waals surface area contributed by atoms with Crippen LogP contribution in [0.4, 0.5) is 5.82 Å². The van der Waals surface area contributed by atoms with Crippen LogP contribution in [-0.2, 0) is 0 Å². The summed E-state index contributed by atoms with van der Waals surface area (Å²) in [6.45, 7) is 0.941. The van der Waals surface area contributed by atoms with Gasteiger partial charge in [0, 0.05) is 24.0 Å². The standard InChI is InChI=1S/C17H16ClN5/c18-12-5-6-13-14(10-12)21-11-16(22-13)23-9-2-1-4-15(23)17-19-7-3-8-20-17/h3,5-8,10-11,15H,1-2,4,9H2. The van der Waals surface area contributed by atoms with Gasteiger partial charge in [0.15, 0.2) is 5.82 Å². The zero-order chi connectivity index (χ0) is 15.6. The number of rotatable bonds is 2. The van der Waals surface area contributed by atoms with E-state index in [1.807, 2.05) is 30.5 Å². The number of piperidine rings is 1. The fourth-order valence-electron chi connectivity index (χ4n) is 3.07. The van der Waals surface area contributed by atoms with Crippen molar-refractivity contribution in [2.24, 2.45) is 0 Å². The number of hydrogen-bond donors (Lipinski definition) is 0. The maximum absolute atomic E-state index is 6.02. The molecule has 1 aliphatic rings. The van der Waals surface area contributed by atoms with Crippen molar-refractivity contribution in [3.8, 4) is 0 Å². The molecule has 1 unspecified atom stereocenters. The molecule has 0 saturated carbocycles. The number of halogens is 1. The average Bonchev–Trinajstić information content (AvgIpc) is 2.62. The quantitative estimate of drug-likeness (QED) is 0.717. The Morgan fingerprint density at radius 2 is 1.91 bits per heavy atom. The molecule has 0 spiro atoms. The van der Waals surface area contributed by atoms with E-state index in [1.165, 1.54) is 6.42 Å². The van der Waals surface area contributed by atoms with Gasteiger partial charge in [0.2, 0.25) is 0 Å². The van der Waals surface area contributed by atoms with Crippen LogP contribution in [0.3, 0.4) is 0 Å². The zero-order valence-corrected chi connectivity index (χ0v) is 13.3. The maximum Gasteiger partial charge on any atom is 0.150 e. The van der Waals surface area contributed by atoms with Crippen molar-refractivity contribution in [3.63, 3.8) is 0 Å². The molecule has 5 nitrogen and oxygen atoms in total. The Kier molecular flexibility index (Phi) is 3.79. The fraction of sp³-hybridized carbons (Fsp3) is 0.294. The van der Waals surface area contributed by atoms with Gasteiger partial charge in [-0.2, -0.15) is 0 Å². The fourth-order valence-corrected chi connectivity index (χ4v) is 3.24. The lowest BCUT2D eigenvalue weighted by atomic mass is 10.0. The van der Waals surface area contributed by atoms with Crippen LogP contribution in [0, 0.1) is 0 Å². The topological polar surface area (TPSA) is 54.8 Å². The predicted octanol–water partition coefficient (Wildman–Crippen LogP) is 3.80. The highest BCUT2D eigenvalue weighted by Gasteiger charge is 2.27. The molecular weight excluding hydrogens is 310 g/mol. The molecule has 3 heterocycles. The van der Waals surface area contributed by atoms with E-state index in [4.69, 9.17) is 16.6 Å². The highest BCUT2D eigenvalue weighted by atomic mass is 35.5. The first-order valence-electron chi connectivity index (χ1n) is 7.77. The van der Waals surface area contributed by atoms with Crippen LogP contribution >= 0.6 is 11.6 Å². The molecule has 0 bridgehead atoms. The van der Waals surface area contributed by atoms with Crippen LogP contribution in [0.5, 0.6) is 0 Å². The van der Waals surface area contributed by atoms with Gasteiger partial charge in [-0.1, -0.05) is 11.6 Å². The number of nitrogens with zero attached hydrogens (tertiary/aromatic N) is 5. The van der Waals surface area contributed by atoms with Crippen molar-refractivity contribution in [3.05, 3.63) is 53.7 Å². The lowest BCUT2D eigenvalue weighted by Gasteiger charge is -2.35. The second kappa shape index (κ2) is 6.08. The Balaban J connectivity index is 1.73. The van der Waals surface area contributed by atoms with Crippen molar-refractivity contribution in [2.75, 3.05) is 11.4 Å². The van der Waals surface area contributed by atoms with Crippen LogP contribution in [-0.4, -0.2) is 26.5 Å². The number of anilines is 1. The lowest BCUT2D eigenvalue weighted by Crippen LogP contribution is -2.35. The molecule has 1 aromatic carbocycles. The molecule has 0 radical (unpaired) electrons. The second-order valence-electron chi connectivity index (χ2n) is 5.67. The molecule has 23 heavy (non-hydrogen) atoms. The third kappa shape index (κ3) is 2.84. The van der Waals surface area contributed by atoms with Gasteiger partial charge in [-0.25, -0.2) is 15.0 Å². The van der Waals surface area contributed by atoms with E-state index in [1.54, 1.807) is 12.4 Å². The molecule has 6 heteroatoms. The Bertz CT molecular complexity index is 824. The molecule has 1 atom stereocenters. The van der Waals surface area contributed by atoms with Crippen molar-refractivity contribution in [1.82, 2.24) is 19.9 Å². The third-order valence-electron chi connectivity index (χ3n) is 4.17. The summed E-state index contributed by atoms with van der Waals surface area (Å²) in [4.78, 5) is 20.4. The molecule has 116 valence electrons. The lowest BCUT2D eigenvalue weighted by molar-refractivity contribution is 0.453. The summed E-state index contributed by atoms with van der Waals surface area (Å²) < 4.78 is 0. The molecule has 0 amide bonds. The smallest absolute Gasteiger partial charge is 0.150 e. The first kappa shape index (κ1) is 14.3. The summed E-state index contributed by atoms with van der Waals surface area (Å²) in [7, 11) is 0. The SMILES string of the molecule is Clc1ccc2nc(N3CCCCC3c3ncccn3)cnc2c1.